The number of likely N-dealkylation sites (tertiary alicyclic amines) is 1. The van der Waals surface area contributed by atoms with Crippen LogP contribution in [0, 0.1) is 0 Å². The third kappa shape index (κ3) is 6.24. The lowest BCUT2D eigenvalue weighted by atomic mass is 9.88. The zero-order valence-corrected chi connectivity index (χ0v) is 25.1. The summed E-state index contributed by atoms with van der Waals surface area (Å²) >= 11 is 1.70. The van der Waals surface area contributed by atoms with E-state index >= 15 is 0 Å². The molecule has 0 saturated carbocycles. The predicted molar refractivity (Wildman–Crippen MR) is 158 cm³/mol. The maximum absolute atomic E-state index is 12.6. The summed E-state index contributed by atoms with van der Waals surface area (Å²) in [6.07, 6.45) is 3.50. The highest BCUT2D eigenvalue weighted by molar-refractivity contribution is 7.25. The van der Waals surface area contributed by atoms with Crippen LogP contribution < -0.4 is 4.78 Å². The van der Waals surface area contributed by atoms with Crippen LogP contribution in [0.1, 0.15) is 80.7 Å². The van der Waals surface area contributed by atoms with Gasteiger partial charge in [-0.1, -0.05) is 30.3 Å². The van der Waals surface area contributed by atoms with Crippen LogP contribution in [0.5, 0.6) is 0 Å². The Morgan fingerprint density at radius 3 is 2.32 bits per heavy atom. The number of rotatable bonds is 5. The molecule has 1 aromatic heterocycles. The van der Waals surface area contributed by atoms with Crippen LogP contribution in [0.3, 0.4) is 0 Å². The van der Waals surface area contributed by atoms with Crippen LogP contribution in [0.15, 0.2) is 47.6 Å². The fraction of sp³-hybridized carbons (Fsp3) is 0.533. The Labute approximate surface area is 232 Å². The third-order valence-electron chi connectivity index (χ3n) is 7.56. The number of amides is 1. The van der Waals surface area contributed by atoms with Gasteiger partial charge in [0.2, 0.25) is 0 Å². The first-order chi connectivity index (χ1) is 17.7. The molecule has 0 N–H and O–H groups in total. The van der Waals surface area contributed by atoms with Crippen molar-refractivity contribution in [3.8, 4) is 10.4 Å². The molecule has 2 aromatic rings. The lowest BCUT2D eigenvalue weighted by molar-refractivity contribution is 0.00578. The molecule has 0 bridgehead atoms. The lowest BCUT2D eigenvalue weighted by Crippen LogP contribution is -2.42. The molecule has 1 amide bonds. The number of carbonyl (C=O) groups excluding carboxylic acids is 1. The fourth-order valence-corrected chi connectivity index (χ4v) is 5.56. The molecule has 1 aromatic carbocycles. The van der Waals surface area contributed by atoms with E-state index in [2.05, 4.69) is 71.0 Å². The van der Waals surface area contributed by atoms with Gasteiger partial charge in [0.15, 0.2) is 0 Å². The van der Waals surface area contributed by atoms with E-state index in [0.717, 1.165) is 40.0 Å². The Hall–Kier alpha value is -2.42. The minimum absolute atomic E-state index is 0.0201. The normalized spacial score (nSPS) is 21.8. The highest BCUT2D eigenvalue weighted by Crippen LogP contribution is 2.37. The van der Waals surface area contributed by atoms with Gasteiger partial charge in [0, 0.05) is 28.1 Å². The molecule has 204 valence electrons. The van der Waals surface area contributed by atoms with Crippen LogP contribution in [0.25, 0.3) is 16.0 Å². The number of ether oxygens (including phenoxy) is 1. The number of nitrogens with zero attached hydrogens (tertiary/aromatic N) is 2. The second kappa shape index (κ2) is 10.6. The molecular formula is C30H41BN2O4S. The Bertz CT molecular complexity index is 1210. The molecule has 0 unspecified atom stereocenters. The van der Waals surface area contributed by atoms with Crippen LogP contribution in [-0.2, 0) is 14.0 Å². The summed E-state index contributed by atoms with van der Waals surface area (Å²) in [4.78, 5) is 20.4. The summed E-state index contributed by atoms with van der Waals surface area (Å²) in [5, 5.41) is 0. The fourth-order valence-electron chi connectivity index (χ4n) is 4.59. The van der Waals surface area contributed by atoms with E-state index in [4.69, 9.17) is 19.0 Å². The van der Waals surface area contributed by atoms with Gasteiger partial charge < -0.3 is 14.0 Å². The highest BCUT2D eigenvalue weighted by atomic mass is 32.1. The van der Waals surface area contributed by atoms with Crippen molar-refractivity contribution < 1.29 is 18.8 Å². The molecule has 0 radical (unpaired) electrons. The number of benzene rings is 1. The van der Waals surface area contributed by atoms with Crippen LogP contribution in [0.4, 0.5) is 4.79 Å². The van der Waals surface area contributed by atoms with E-state index < -0.39 is 5.60 Å². The van der Waals surface area contributed by atoms with Crippen LogP contribution in [-0.4, -0.2) is 53.2 Å². The monoisotopic (exact) mass is 536 g/mol. The van der Waals surface area contributed by atoms with Crippen molar-refractivity contribution in [1.82, 2.24) is 4.90 Å². The molecule has 2 fully saturated rings. The van der Waals surface area contributed by atoms with Gasteiger partial charge in [0.1, 0.15) is 5.60 Å². The Balaban J connectivity index is 1.42. The zero-order valence-electron chi connectivity index (χ0n) is 24.3. The summed E-state index contributed by atoms with van der Waals surface area (Å²) in [7, 11) is -0.338. The average molecular weight is 537 g/mol. The van der Waals surface area contributed by atoms with Gasteiger partial charge in [0.05, 0.1) is 17.2 Å². The van der Waals surface area contributed by atoms with E-state index in [1.165, 1.54) is 4.88 Å². The number of hydrogen-bond acceptors (Lipinski definition) is 6. The topological polar surface area (TPSA) is 60.4 Å². The minimum atomic E-state index is -0.505. The Morgan fingerprint density at radius 2 is 1.71 bits per heavy atom. The molecule has 38 heavy (non-hydrogen) atoms. The second-order valence-corrected chi connectivity index (χ2v) is 13.4. The molecule has 0 aliphatic carbocycles. The van der Waals surface area contributed by atoms with Crippen LogP contribution >= 0.6 is 11.3 Å². The van der Waals surface area contributed by atoms with Gasteiger partial charge in [-0.15, -0.1) is 11.3 Å². The summed E-state index contributed by atoms with van der Waals surface area (Å²) in [5.74, 6) is 0. The molecule has 3 heterocycles. The largest absolute Gasteiger partial charge is 0.505 e. The SMILES string of the molecule is C/C(=C\N=C(/C)[C@@H]1CCCN1C(=O)OC(C)(C)C)c1ccc(-c2ccc(B3OC(C)(C)C(C)(C)O3)s2)cc1. The molecule has 2 aliphatic heterocycles. The summed E-state index contributed by atoms with van der Waals surface area (Å²) < 4.78 is 19.1. The van der Waals surface area contributed by atoms with Gasteiger partial charge >= 0.3 is 13.2 Å². The van der Waals surface area contributed by atoms with Crippen molar-refractivity contribution in [3.05, 3.63) is 48.2 Å². The van der Waals surface area contributed by atoms with Gasteiger partial charge in [-0.2, -0.15) is 0 Å². The molecule has 2 saturated heterocycles. The molecular weight excluding hydrogens is 495 g/mol. The second-order valence-electron chi connectivity index (χ2n) is 12.3. The number of hydrogen-bond donors (Lipinski definition) is 0. The zero-order chi connectivity index (χ0) is 27.9. The van der Waals surface area contributed by atoms with Crippen LogP contribution in [0.2, 0.25) is 0 Å². The summed E-state index contributed by atoms with van der Waals surface area (Å²) in [6.45, 7) is 18.7. The average Bonchev–Trinajstić information content (AvgIpc) is 3.54. The van der Waals surface area contributed by atoms with E-state index in [-0.39, 0.29) is 30.5 Å². The molecule has 2 aliphatic rings. The Kier molecular flexibility index (Phi) is 8.00. The van der Waals surface area contributed by atoms with Gasteiger partial charge in [-0.05, 0) is 97.9 Å². The maximum Gasteiger partial charge on any atom is 0.505 e. The van der Waals surface area contributed by atoms with E-state index in [0.29, 0.717) is 6.54 Å². The van der Waals surface area contributed by atoms with Crippen molar-refractivity contribution in [2.24, 2.45) is 4.99 Å². The lowest BCUT2D eigenvalue weighted by Gasteiger charge is -2.32. The van der Waals surface area contributed by atoms with Crippen molar-refractivity contribution >= 4 is 40.6 Å². The molecule has 6 nitrogen and oxygen atoms in total. The van der Waals surface area contributed by atoms with Crippen molar-refractivity contribution in [1.29, 1.82) is 0 Å². The summed E-state index contributed by atoms with van der Waals surface area (Å²) in [6, 6.07) is 12.8. The molecule has 1 atom stereocenters. The van der Waals surface area contributed by atoms with Gasteiger partial charge in [-0.25, -0.2) is 4.79 Å². The van der Waals surface area contributed by atoms with Gasteiger partial charge in [0.25, 0.3) is 0 Å². The molecule has 4 rings (SSSR count). The smallest absolute Gasteiger partial charge is 0.444 e. The number of allylic oxidation sites excluding steroid dienone is 1. The maximum atomic E-state index is 12.6. The first-order valence-corrected chi connectivity index (χ1v) is 14.3. The van der Waals surface area contributed by atoms with Crippen molar-refractivity contribution in [3.63, 3.8) is 0 Å². The number of thiophene rings is 1. The van der Waals surface area contributed by atoms with Gasteiger partial charge in [-0.3, -0.25) is 9.89 Å². The first kappa shape index (κ1) is 28.6. The molecule has 0 spiro atoms. The quantitative estimate of drug-likeness (QED) is 0.307. The number of aliphatic imine (C=N–C) groups is 1. The standard InChI is InChI=1S/C30H41BN2O4S/c1-20(19-32-21(2)24-11-10-18-33(24)27(34)35-28(3,4)5)22-12-14-23(15-13-22)25-16-17-26(38-25)31-36-29(6,7)30(8,9)37-31/h12-17,19,24H,10-11,18H2,1-9H3/b20-19+,32-21+/t24-/m0/s1. The molecule has 8 heteroatoms. The van der Waals surface area contributed by atoms with E-state index in [1.54, 1.807) is 16.2 Å². The number of carbonyl (C=O) groups is 1. The van der Waals surface area contributed by atoms with E-state index in [9.17, 15) is 4.79 Å². The van der Waals surface area contributed by atoms with E-state index in [1.807, 2.05) is 33.9 Å². The summed E-state index contributed by atoms with van der Waals surface area (Å²) in [5.41, 5.74) is 3.07. The minimum Gasteiger partial charge on any atom is -0.444 e. The first-order valence-electron chi connectivity index (χ1n) is 13.4. The van der Waals surface area contributed by atoms with Crippen molar-refractivity contribution in [2.75, 3.05) is 6.54 Å². The Morgan fingerprint density at radius 1 is 1.08 bits per heavy atom. The predicted octanol–water partition coefficient (Wildman–Crippen LogP) is 6.94. The highest BCUT2D eigenvalue weighted by Gasteiger charge is 2.52. The van der Waals surface area contributed by atoms with Crippen molar-refractivity contribution in [2.45, 2.75) is 98.0 Å². The third-order valence-corrected chi connectivity index (χ3v) is 8.72.